The van der Waals surface area contributed by atoms with Crippen molar-refractivity contribution in [3.05, 3.63) is 96.6 Å². The van der Waals surface area contributed by atoms with Gasteiger partial charge in [-0.3, -0.25) is 0 Å². The third-order valence-corrected chi connectivity index (χ3v) is 5.17. The molecule has 0 aliphatic carbocycles. The van der Waals surface area contributed by atoms with Crippen LogP contribution in [0.5, 0.6) is 0 Å². The topological polar surface area (TPSA) is 24.1 Å². The third kappa shape index (κ3) is 5.66. The fraction of sp³-hybridized carbons (Fsp3) is 0.167. The number of benzene rings is 3. The van der Waals surface area contributed by atoms with Gasteiger partial charge in [0.15, 0.2) is 0 Å². The molecule has 3 rings (SSSR count). The second-order valence-corrected chi connectivity index (χ2v) is 7.35. The molecule has 0 fully saturated rings. The fourth-order valence-corrected chi connectivity index (χ4v) is 3.51. The molecular formula is C24H26N2S. The fourth-order valence-electron chi connectivity index (χ4n) is 2.81. The lowest BCUT2D eigenvalue weighted by molar-refractivity contribution is 0.795. The van der Waals surface area contributed by atoms with E-state index in [1.165, 1.54) is 23.3 Å². The van der Waals surface area contributed by atoms with Crippen LogP contribution in [-0.2, 0) is 6.42 Å². The van der Waals surface area contributed by atoms with E-state index in [9.17, 15) is 0 Å². The highest BCUT2D eigenvalue weighted by Gasteiger charge is 2.06. The Balaban J connectivity index is 1.66. The molecule has 0 aliphatic heterocycles. The maximum atomic E-state index is 4.25. The molecule has 0 aromatic heterocycles. The number of nitrogens with one attached hydrogen (secondary N) is 2. The SMILES string of the molecule is C=C(Nc1ccc(CCCC)cc1)c1ccccc1NSc1ccccc1. The highest BCUT2D eigenvalue weighted by Crippen LogP contribution is 2.28. The summed E-state index contributed by atoms with van der Waals surface area (Å²) in [7, 11) is 0. The number of para-hydroxylation sites is 1. The van der Waals surface area contributed by atoms with Gasteiger partial charge in [0.2, 0.25) is 0 Å². The Morgan fingerprint density at radius 3 is 2.33 bits per heavy atom. The molecule has 3 heteroatoms. The first-order valence-corrected chi connectivity index (χ1v) is 10.2. The van der Waals surface area contributed by atoms with Crippen LogP contribution in [0.15, 0.2) is 90.3 Å². The first kappa shape index (κ1) is 19.1. The Bertz CT molecular complexity index is 857. The monoisotopic (exact) mass is 374 g/mol. The van der Waals surface area contributed by atoms with Gasteiger partial charge in [-0.25, -0.2) is 0 Å². The molecule has 0 radical (unpaired) electrons. The molecule has 0 saturated carbocycles. The summed E-state index contributed by atoms with van der Waals surface area (Å²) in [5.74, 6) is 0. The zero-order chi connectivity index (χ0) is 18.9. The number of hydrogen-bond acceptors (Lipinski definition) is 3. The molecule has 0 bridgehead atoms. The molecular weight excluding hydrogens is 348 g/mol. The zero-order valence-corrected chi connectivity index (χ0v) is 16.6. The molecule has 0 amide bonds. The minimum atomic E-state index is 0.882. The van der Waals surface area contributed by atoms with Crippen molar-refractivity contribution in [2.24, 2.45) is 0 Å². The average Bonchev–Trinajstić information content (AvgIpc) is 2.72. The van der Waals surface area contributed by atoms with Crippen molar-refractivity contribution in [1.29, 1.82) is 0 Å². The van der Waals surface area contributed by atoms with Crippen molar-refractivity contribution in [3.8, 4) is 0 Å². The van der Waals surface area contributed by atoms with Gasteiger partial charge in [0.25, 0.3) is 0 Å². The van der Waals surface area contributed by atoms with Gasteiger partial charge in [0.05, 0.1) is 5.69 Å². The summed E-state index contributed by atoms with van der Waals surface area (Å²) in [5, 5.41) is 3.44. The Morgan fingerprint density at radius 1 is 0.889 bits per heavy atom. The van der Waals surface area contributed by atoms with E-state index in [1.807, 2.05) is 30.3 Å². The largest absolute Gasteiger partial charge is 0.355 e. The van der Waals surface area contributed by atoms with Crippen molar-refractivity contribution >= 4 is 29.0 Å². The summed E-state index contributed by atoms with van der Waals surface area (Å²) >= 11 is 1.60. The summed E-state index contributed by atoms with van der Waals surface area (Å²) in [4.78, 5) is 1.17. The third-order valence-electron chi connectivity index (χ3n) is 4.34. The van der Waals surface area contributed by atoms with E-state index in [4.69, 9.17) is 0 Å². The lowest BCUT2D eigenvalue weighted by atomic mass is 10.1. The van der Waals surface area contributed by atoms with Gasteiger partial charge in [-0.05, 0) is 60.7 Å². The molecule has 27 heavy (non-hydrogen) atoms. The molecule has 0 spiro atoms. The van der Waals surface area contributed by atoms with Crippen molar-refractivity contribution in [3.63, 3.8) is 0 Å². The molecule has 0 atom stereocenters. The Labute approximate surface area is 166 Å². The van der Waals surface area contributed by atoms with Crippen LogP contribution in [0.25, 0.3) is 5.70 Å². The van der Waals surface area contributed by atoms with Crippen molar-refractivity contribution < 1.29 is 0 Å². The van der Waals surface area contributed by atoms with Crippen LogP contribution in [-0.4, -0.2) is 0 Å². The van der Waals surface area contributed by atoms with E-state index in [0.717, 1.165) is 29.1 Å². The van der Waals surface area contributed by atoms with Gasteiger partial charge in [-0.2, -0.15) is 0 Å². The molecule has 0 saturated heterocycles. The van der Waals surface area contributed by atoms with E-state index < -0.39 is 0 Å². The molecule has 0 unspecified atom stereocenters. The second-order valence-electron chi connectivity index (χ2n) is 6.47. The quantitative estimate of drug-likeness (QED) is 0.386. The highest BCUT2D eigenvalue weighted by atomic mass is 32.2. The summed E-state index contributed by atoms with van der Waals surface area (Å²) in [5.41, 5.74) is 5.44. The van der Waals surface area contributed by atoms with Gasteiger partial charge in [0.1, 0.15) is 0 Å². The van der Waals surface area contributed by atoms with Gasteiger partial charge in [-0.15, -0.1) is 0 Å². The highest BCUT2D eigenvalue weighted by molar-refractivity contribution is 8.00. The summed E-state index contributed by atoms with van der Waals surface area (Å²) in [6.45, 7) is 6.47. The number of unbranched alkanes of at least 4 members (excludes halogenated alkanes) is 1. The van der Waals surface area contributed by atoms with Crippen LogP contribution in [0.3, 0.4) is 0 Å². The van der Waals surface area contributed by atoms with E-state index in [2.05, 4.69) is 72.1 Å². The second kappa shape index (κ2) is 9.89. The summed E-state index contributed by atoms with van der Waals surface area (Å²) < 4.78 is 3.44. The van der Waals surface area contributed by atoms with E-state index in [-0.39, 0.29) is 0 Å². The number of hydrogen-bond donors (Lipinski definition) is 2. The van der Waals surface area contributed by atoms with E-state index >= 15 is 0 Å². The van der Waals surface area contributed by atoms with Gasteiger partial charge >= 0.3 is 0 Å². The molecule has 2 nitrogen and oxygen atoms in total. The maximum Gasteiger partial charge on any atom is 0.0536 e. The first-order chi connectivity index (χ1) is 13.3. The van der Waals surface area contributed by atoms with E-state index in [1.54, 1.807) is 11.9 Å². The van der Waals surface area contributed by atoms with Crippen LogP contribution in [0.1, 0.15) is 30.9 Å². The van der Waals surface area contributed by atoms with Crippen LogP contribution in [0.4, 0.5) is 11.4 Å². The average molecular weight is 375 g/mol. The standard InChI is InChI=1S/C24H26N2S/c1-3-4-10-20-15-17-21(18-16-20)25-19(2)23-13-8-9-14-24(23)26-27-22-11-6-5-7-12-22/h5-9,11-18,25-26H,2-4,10H2,1H3. The predicted octanol–water partition coefficient (Wildman–Crippen LogP) is 7.23. The number of anilines is 2. The van der Waals surface area contributed by atoms with Crippen LogP contribution in [0, 0.1) is 0 Å². The van der Waals surface area contributed by atoms with E-state index in [0.29, 0.717) is 0 Å². The number of rotatable bonds is 9. The molecule has 3 aromatic rings. The smallest absolute Gasteiger partial charge is 0.0536 e. The summed E-state index contributed by atoms with van der Waals surface area (Å²) in [6, 6.07) is 27.2. The van der Waals surface area contributed by atoms with Crippen LogP contribution in [0.2, 0.25) is 0 Å². The van der Waals surface area contributed by atoms with Crippen LogP contribution >= 0.6 is 11.9 Å². The van der Waals surface area contributed by atoms with Crippen molar-refractivity contribution in [2.75, 3.05) is 10.0 Å². The zero-order valence-electron chi connectivity index (χ0n) is 15.7. The molecule has 138 valence electrons. The Hall–Kier alpha value is -2.65. The minimum Gasteiger partial charge on any atom is -0.355 e. The van der Waals surface area contributed by atoms with Crippen molar-refractivity contribution in [2.45, 2.75) is 31.1 Å². The summed E-state index contributed by atoms with van der Waals surface area (Å²) in [6.07, 6.45) is 3.60. The van der Waals surface area contributed by atoms with Gasteiger partial charge in [-0.1, -0.05) is 68.5 Å². The Kier molecular flexibility index (Phi) is 7.00. The lowest BCUT2D eigenvalue weighted by Crippen LogP contribution is -2.01. The van der Waals surface area contributed by atoms with Crippen molar-refractivity contribution in [1.82, 2.24) is 0 Å². The maximum absolute atomic E-state index is 4.25. The first-order valence-electron chi connectivity index (χ1n) is 9.38. The lowest BCUT2D eigenvalue weighted by Gasteiger charge is -2.15. The van der Waals surface area contributed by atoms with Crippen LogP contribution < -0.4 is 10.0 Å². The predicted molar refractivity (Wildman–Crippen MR) is 120 cm³/mol. The molecule has 0 heterocycles. The normalized spacial score (nSPS) is 10.4. The Morgan fingerprint density at radius 2 is 1.59 bits per heavy atom. The molecule has 2 N–H and O–H groups in total. The number of aryl methyl sites for hydroxylation is 1. The molecule has 3 aromatic carbocycles. The molecule has 0 aliphatic rings. The van der Waals surface area contributed by atoms with Gasteiger partial charge < -0.3 is 10.0 Å². The van der Waals surface area contributed by atoms with Gasteiger partial charge in [0, 0.05) is 21.8 Å². The minimum absolute atomic E-state index is 0.882.